The maximum absolute atomic E-state index is 13.0. The van der Waals surface area contributed by atoms with Crippen molar-refractivity contribution in [2.45, 2.75) is 32.2 Å². The van der Waals surface area contributed by atoms with Crippen molar-refractivity contribution >= 4 is 52.6 Å². The number of nitrogens with two attached hydrogens (primary N) is 1. The van der Waals surface area contributed by atoms with Crippen LogP contribution in [0.4, 0.5) is 11.4 Å². The Labute approximate surface area is 234 Å². The second-order valence-corrected chi connectivity index (χ2v) is 9.42. The Morgan fingerprint density at radius 3 is 2.48 bits per heavy atom. The molecule has 4 amide bonds. The number of carboxylic acids is 1. The number of hydrogen-bond acceptors (Lipinski definition) is 7. The summed E-state index contributed by atoms with van der Waals surface area (Å²) in [6.07, 6.45) is 5.93. The van der Waals surface area contributed by atoms with Crippen molar-refractivity contribution < 1.29 is 29.1 Å². The van der Waals surface area contributed by atoms with Gasteiger partial charge in [-0.2, -0.15) is 0 Å². The number of nitrogens with one attached hydrogen (secondary N) is 2. The predicted molar refractivity (Wildman–Crippen MR) is 146 cm³/mol. The zero-order chi connectivity index (χ0) is 29.4. The molecule has 0 radical (unpaired) electrons. The minimum atomic E-state index is -1.42. The van der Waals surface area contributed by atoms with Gasteiger partial charge in [0.05, 0.1) is 10.7 Å². The first kappa shape index (κ1) is 29.9. The van der Waals surface area contributed by atoms with E-state index < -0.39 is 47.7 Å². The first-order valence-electron chi connectivity index (χ1n) is 12.4. The van der Waals surface area contributed by atoms with Gasteiger partial charge in [-0.05, 0) is 56.5 Å². The molecule has 14 heteroatoms. The van der Waals surface area contributed by atoms with Crippen LogP contribution in [0.2, 0.25) is 5.02 Å². The summed E-state index contributed by atoms with van der Waals surface area (Å²) in [4.78, 5) is 76.4. The fraction of sp³-hybridized carbons (Fsp3) is 0.308. The van der Waals surface area contributed by atoms with Crippen LogP contribution in [0.25, 0.3) is 0 Å². The predicted octanol–water partition coefficient (Wildman–Crippen LogP) is 1.41. The van der Waals surface area contributed by atoms with Crippen LogP contribution in [0.15, 0.2) is 53.5 Å². The number of nitrogen functional groups attached to an aromatic ring is 1. The van der Waals surface area contributed by atoms with Crippen molar-refractivity contribution in [1.29, 1.82) is 0 Å². The molecular formula is C26H29ClN6O7. The molecular weight excluding hydrogens is 544 g/mol. The topological polar surface area (TPSA) is 184 Å². The van der Waals surface area contributed by atoms with Crippen LogP contribution in [0, 0.1) is 0 Å². The molecule has 13 nitrogen and oxygen atoms in total. The number of pyridine rings is 1. The second-order valence-electron chi connectivity index (χ2n) is 9.01. The molecule has 5 N–H and O–H groups in total. The molecule has 1 aliphatic rings. The fourth-order valence-corrected chi connectivity index (χ4v) is 4.07. The number of amides is 4. The number of carboxylic acid groups (broad SMARTS) is 1. The number of halogens is 1. The van der Waals surface area contributed by atoms with Crippen LogP contribution >= 0.6 is 11.6 Å². The first-order valence-corrected chi connectivity index (χ1v) is 12.7. The van der Waals surface area contributed by atoms with Gasteiger partial charge >= 0.3 is 5.97 Å². The van der Waals surface area contributed by atoms with Gasteiger partial charge in [-0.1, -0.05) is 11.6 Å². The highest BCUT2D eigenvalue weighted by Crippen LogP contribution is 2.20. The number of carbonyl (C=O) groups excluding carboxylic acids is 4. The molecule has 1 aromatic heterocycles. The van der Waals surface area contributed by atoms with Crippen molar-refractivity contribution in [1.82, 2.24) is 19.9 Å². The Morgan fingerprint density at radius 2 is 1.82 bits per heavy atom. The lowest BCUT2D eigenvalue weighted by molar-refractivity contribution is -0.148. The summed E-state index contributed by atoms with van der Waals surface area (Å²) in [5.74, 6) is -4.28. The number of carbonyl (C=O) groups is 5. The Bertz CT molecular complexity index is 1400. The summed E-state index contributed by atoms with van der Waals surface area (Å²) in [6, 6.07) is 5.74. The summed E-state index contributed by atoms with van der Waals surface area (Å²) >= 11 is 5.96. The quantitative estimate of drug-likeness (QED) is 0.208. The molecule has 0 saturated carbocycles. The highest BCUT2D eigenvalue weighted by molar-refractivity contribution is 6.33. The summed E-state index contributed by atoms with van der Waals surface area (Å²) in [5, 5.41) is 12.4. The molecule has 2 heterocycles. The summed E-state index contributed by atoms with van der Waals surface area (Å²) in [6.45, 7) is 1.58. The van der Waals surface area contributed by atoms with E-state index >= 15 is 0 Å². The van der Waals surface area contributed by atoms with E-state index in [9.17, 15) is 33.9 Å². The number of benzene rings is 1. The van der Waals surface area contributed by atoms with E-state index in [0.29, 0.717) is 18.1 Å². The lowest BCUT2D eigenvalue weighted by atomic mass is 10.1. The number of aliphatic carboxylic acids is 1. The normalized spacial score (nSPS) is 13.9. The number of hydrazine groups is 1. The lowest BCUT2D eigenvalue weighted by Gasteiger charge is -2.25. The molecule has 1 saturated heterocycles. The average molecular weight is 573 g/mol. The molecule has 1 unspecified atom stereocenters. The number of nitrogens with zero attached hydrogens (tertiary/aromatic N) is 3. The number of piperidine rings is 1. The molecule has 0 spiro atoms. The third-order valence-electron chi connectivity index (χ3n) is 6.12. The first-order chi connectivity index (χ1) is 19.0. The van der Waals surface area contributed by atoms with E-state index in [1.165, 1.54) is 43.5 Å². The van der Waals surface area contributed by atoms with E-state index in [-0.39, 0.29) is 22.0 Å². The monoisotopic (exact) mass is 572 g/mol. The summed E-state index contributed by atoms with van der Waals surface area (Å²) in [5.41, 5.74) is 7.39. The van der Waals surface area contributed by atoms with Crippen molar-refractivity contribution in [2.24, 2.45) is 0 Å². The van der Waals surface area contributed by atoms with Crippen molar-refractivity contribution in [3.8, 4) is 0 Å². The summed E-state index contributed by atoms with van der Waals surface area (Å²) < 4.78 is 1.00. The van der Waals surface area contributed by atoms with Crippen LogP contribution in [-0.4, -0.2) is 68.8 Å². The van der Waals surface area contributed by atoms with Crippen molar-refractivity contribution in [2.75, 3.05) is 30.7 Å². The van der Waals surface area contributed by atoms with E-state index in [1.807, 2.05) is 0 Å². The minimum absolute atomic E-state index is 0.141. The molecule has 2 aromatic rings. The Morgan fingerprint density at radius 1 is 1.12 bits per heavy atom. The fourth-order valence-electron chi connectivity index (χ4n) is 3.89. The molecule has 1 aliphatic heterocycles. The largest absolute Gasteiger partial charge is 0.480 e. The number of likely N-dealkylation sites (tertiary alicyclic amines) is 1. The van der Waals surface area contributed by atoms with Crippen LogP contribution in [0.3, 0.4) is 0 Å². The smallest absolute Gasteiger partial charge is 0.325 e. The Kier molecular flexibility index (Phi) is 10.0. The van der Waals surface area contributed by atoms with Gasteiger partial charge in [0, 0.05) is 37.0 Å². The van der Waals surface area contributed by atoms with Crippen molar-refractivity contribution in [3.05, 3.63) is 69.6 Å². The Balaban J connectivity index is 1.72. The Hall–Kier alpha value is -4.65. The lowest BCUT2D eigenvalue weighted by Crippen LogP contribution is -2.50. The zero-order valence-electron chi connectivity index (χ0n) is 21.6. The van der Waals surface area contributed by atoms with Gasteiger partial charge in [-0.25, -0.2) is 5.01 Å². The number of hydrogen-bond donors (Lipinski definition) is 4. The van der Waals surface area contributed by atoms with Gasteiger partial charge in [0.25, 0.3) is 23.3 Å². The number of anilines is 2. The highest BCUT2D eigenvalue weighted by atomic mass is 35.5. The van der Waals surface area contributed by atoms with Gasteiger partial charge in [0.2, 0.25) is 5.91 Å². The molecule has 0 bridgehead atoms. The van der Waals surface area contributed by atoms with Crippen LogP contribution < -0.4 is 22.0 Å². The third kappa shape index (κ3) is 7.69. The van der Waals surface area contributed by atoms with E-state index in [1.54, 1.807) is 4.90 Å². The molecule has 212 valence electrons. The molecule has 3 rings (SSSR count). The van der Waals surface area contributed by atoms with Gasteiger partial charge in [0.1, 0.15) is 18.3 Å². The SMILES string of the molecule is CC(C(=O)NN(CC(=O)O)C(=O)/C=C/C(=O)N1CCCCC1)n1cccc(NC(=O)c2ccc(N)c(Cl)c2)c1=O. The highest BCUT2D eigenvalue weighted by Gasteiger charge is 2.24. The molecule has 40 heavy (non-hydrogen) atoms. The van der Waals surface area contributed by atoms with Crippen molar-refractivity contribution in [3.63, 3.8) is 0 Å². The van der Waals surface area contributed by atoms with E-state index in [0.717, 1.165) is 36.0 Å². The van der Waals surface area contributed by atoms with Gasteiger partial charge in [0.15, 0.2) is 0 Å². The van der Waals surface area contributed by atoms with Gasteiger partial charge in [-0.15, -0.1) is 0 Å². The molecule has 1 fully saturated rings. The maximum atomic E-state index is 13.0. The second kappa shape index (κ2) is 13.4. The number of aromatic nitrogens is 1. The average Bonchev–Trinajstić information content (AvgIpc) is 2.93. The van der Waals surface area contributed by atoms with Crippen LogP contribution in [0.5, 0.6) is 0 Å². The molecule has 1 aromatic carbocycles. The van der Waals surface area contributed by atoms with Crippen LogP contribution in [0.1, 0.15) is 42.6 Å². The minimum Gasteiger partial charge on any atom is -0.480 e. The zero-order valence-corrected chi connectivity index (χ0v) is 22.4. The molecule has 1 atom stereocenters. The standard InChI is InChI=1S/C26H29ClN6O7/c1-16(32-13-5-6-20(26(32)40)29-25(39)17-7-8-19(28)18(27)14-17)24(38)30-33(15-23(36)37)22(35)10-9-21(34)31-11-3-2-4-12-31/h5-10,13-14,16H,2-4,11-12,15,28H2,1H3,(H,29,39)(H,30,38)(H,36,37)/b10-9+. The van der Waals surface area contributed by atoms with Gasteiger partial charge in [-0.3, -0.25) is 34.2 Å². The van der Waals surface area contributed by atoms with E-state index in [2.05, 4.69) is 10.7 Å². The third-order valence-corrected chi connectivity index (χ3v) is 6.45. The van der Waals surface area contributed by atoms with Crippen LogP contribution in [-0.2, 0) is 19.2 Å². The molecule has 0 aliphatic carbocycles. The maximum Gasteiger partial charge on any atom is 0.325 e. The van der Waals surface area contributed by atoms with E-state index in [4.69, 9.17) is 17.3 Å². The summed E-state index contributed by atoms with van der Waals surface area (Å²) in [7, 11) is 0. The number of rotatable bonds is 8. The van der Waals surface area contributed by atoms with Gasteiger partial charge < -0.3 is 25.6 Å².